The van der Waals surface area contributed by atoms with Crippen LogP contribution in [-0.2, 0) is 16.1 Å². The molecule has 7 heteroatoms. The number of aliphatic hydroxyl groups is 1. The highest BCUT2D eigenvalue weighted by Crippen LogP contribution is 2.39. The van der Waals surface area contributed by atoms with Gasteiger partial charge in [-0.3, -0.25) is 4.99 Å². The smallest absolute Gasteiger partial charge is 0.230 e. The van der Waals surface area contributed by atoms with Gasteiger partial charge in [-0.05, 0) is 35.4 Å². The molecule has 0 saturated carbocycles. The number of ether oxygens (including phenoxy) is 2. The summed E-state index contributed by atoms with van der Waals surface area (Å²) in [5.41, 5.74) is 9.62. The van der Waals surface area contributed by atoms with Gasteiger partial charge < -0.3 is 25.6 Å². The van der Waals surface area contributed by atoms with Gasteiger partial charge in [0.1, 0.15) is 11.6 Å². The van der Waals surface area contributed by atoms with Gasteiger partial charge in [-0.25, -0.2) is 0 Å². The molecule has 0 fully saturated rings. The molecule has 0 bridgehead atoms. The normalized spacial score (nSPS) is 23.7. The van der Waals surface area contributed by atoms with Crippen LogP contribution in [0.4, 0.5) is 0 Å². The van der Waals surface area contributed by atoms with Crippen molar-refractivity contribution in [1.29, 1.82) is 0 Å². The maximum Gasteiger partial charge on any atom is 0.230 e. The lowest BCUT2D eigenvalue weighted by Gasteiger charge is -2.19. The summed E-state index contributed by atoms with van der Waals surface area (Å²) in [7, 11) is 0. The summed E-state index contributed by atoms with van der Waals surface area (Å²) in [6.07, 6.45) is 7.52. The fourth-order valence-corrected chi connectivity index (χ4v) is 4.76. The Kier molecular flexibility index (Phi) is 6.08. The standard InChI is InChI=1S/C22H25N3O3S/c1-2-24-22(25-11-15-5-8-18-19(9-15)28-13-27-18)21-17(23)10-20(29-21)16-6-3-14(12-26)4-7-16/h2-4,6-7,9-10,17,21,26H,1,5,8,11-13,23H2,(H,24,25). The van der Waals surface area contributed by atoms with E-state index >= 15 is 0 Å². The van der Waals surface area contributed by atoms with E-state index in [1.807, 2.05) is 30.3 Å². The van der Waals surface area contributed by atoms with Crippen molar-refractivity contribution in [3.05, 3.63) is 77.4 Å². The molecule has 29 heavy (non-hydrogen) atoms. The van der Waals surface area contributed by atoms with Crippen LogP contribution in [0, 0.1) is 0 Å². The Hall–Kier alpha value is -2.48. The van der Waals surface area contributed by atoms with Crippen LogP contribution in [0.1, 0.15) is 24.0 Å². The summed E-state index contributed by atoms with van der Waals surface area (Å²) in [5.74, 6) is 2.60. The molecule has 3 aliphatic rings. The first kappa shape index (κ1) is 19.8. The summed E-state index contributed by atoms with van der Waals surface area (Å²) >= 11 is 1.69. The molecule has 0 amide bonds. The maximum atomic E-state index is 9.23. The Morgan fingerprint density at radius 3 is 2.90 bits per heavy atom. The summed E-state index contributed by atoms with van der Waals surface area (Å²) < 4.78 is 10.9. The molecule has 1 aromatic carbocycles. The monoisotopic (exact) mass is 411 g/mol. The van der Waals surface area contributed by atoms with Crippen LogP contribution >= 0.6 is 11.8 Å². The average Bonchev–Trinajstić information content (AvgIpc) is 3.37. The molecule has 1 aromatic rings. The van der Waals surface area contributed by atoms with Gasteiger partial charge >= 0.3 is 0 Å². The Morgan fingerprint density at radius 2 is 2.14 bits per heavy atom. The van der Waals surface area contributed by atoms with E-state index in [4.69, 9.17) is 20.2 Å². The number of rotatable bonds is 6. The molecule has 0 spiro atoms. The minimum absolute atomic E-state index is 0.00875. The van der Waals surface area contributed by atoms with Gasteiger partial charge in [-0.15, -0.1) is 11.8 Å². The van der Waals surface area contributed by atoms with Crippen LogP contribution in [0.3, 0.4) is 0 Å². The van der Waals surface area contributed by atoms with Gasteiger partial charge in [0.2, 0.25) is 6.79 Å². The fourth-order valence-electron chi connectivity index (χ4n) is 3.49. The van der Waals surface area contributed by atoms with Crippen molar-refractivity contribution < 1.29 is 14.6 Å². The number of amidine groups is 1. The zero-order valence-corrected chi connectivity index (χ0v) is 17.0. The van der Waals surface area contributed by atoms with Crippen LogP contribution in [0.2, 0.25) is 0 Å². The maximum absolute atomic E-state index is 9.23. The number of aliphatic imine (C=N–C) groups is 1. The highest BCUT2D eigenvalue weighted by Gasteiger charge is 2.30. The quantitative estimate of drug-likeness (QED) is 0.493. The Labute approximate surface area is 174 Å². The second-order valence-electron chi connectivity index (χ2n) is 7.05. The van der Waals surface area contributed by atoms with Crippen LogP contribution < -0.4 is 11.1 Å². The topological polar surface area (TPSA) is 89.1 Å². The third kappa shape index (κ3) is 4.42. The number of aliphatic hydroxyl groups excluding tert-OH is 1. The Morgan fingerprint density at radius 1 is 1.31 bits per heavy atom. The first-order chi connectivity index (χ1) is 14.2. The van der Waals surface area contributed by atoms with E-state index in [0.717, 1.165) is 46.2 Å². The second-order valence-corrected chi connectivity index (χ2v) is 8.23. The lowest BCUT2D eigenvalue weighted by molar-refractivity contribution is 0.0729. The van der Waals surface area contributed by atoms with Crippen molar-refractivity contribution in [3.63, 3.8) is 0 Å². The largest absolute Gasteiger partial charge is 0.458 e. The molecule has 6 nitrogen and oxygen atoms in total. The van der Waals surface area contributed by atoms with Gasteiger partial charge in [0.15, 0.2) is 5.76 Å². The van der Waals surface area contributed by atoms with E-state index in [2.05, 4.69) is 18.0 Å². The predicted molar refractivity (Wildman–Crippen MR) is 117 cm³/mol. The number of allylic oxidation sites excluding steroid dienone is 2. The number of nitrogens with one attached hydrogen (secondary N) is 1. The van der Waals surface area contributed by atoms with Crippen LogP contribution in [0.5, 0.6) is 0 Å². The molecule has 152 valence electrons. The fraction of sp³-hybridized carbons (Fsp3) is 0.318. The molecular weight excluding hydrogens is 386 g/mol. The number of nitrogens with zero attached hydrogens (tertiary/aromatic N) is 1. The van der Waals surface area contributed by atoms with Crippen LogP contribution in [-0.4, -0.2) is 35.6 Å². The van der Waals surface area contributed by atoms with Gasteiger partial charge in [-0.1, -0.05) is 36.9 Å². The van der Waals surface area contributed by atoms with Crippen LogP contribution in [0.15, 0.2) is 71.3 Å². The number of thioether (sulfide) groups is 1. The number of nitrogens with two attached hydrogens (primary N) is 1. The highest BCUT2D eigenvalue weighted by molar-refractivity contribution is 8.09. The van der Waals surface area contributed by atoms with Gasteiger partial charge in [0, 0.05) is 17.4 Å². The molecular formula is C22H25N3O3S. The van der Waals surface area contributed by atoms with Gasteiger partial charge in [0.25, 0.3) is 0 Å². The molecule has 0 radical (unpaired) electrons. The zero-order valence-electron chi connectivity index (χ0n) is 16.1. The first-order valence-electron chi connectivity index (χ1n) is 9.62. The Bertz CT molecular complexity index is 902. The highest BCUT2D eigenvalue weighted by atomic mass is 32.2. The summed E-state index contributed by atoms with van der Waals surface area (Å²) in [6.45, 7) is 4.72. The minimum atomic E-state index is -0.153. The number of hydrogen-bond donors (Lipinski definition) is 3. The van der Waals surface area contributed by atoms with Crippen molar-refractivity contribution >= 4 is 22.5 Å². The lowest BCUT2D eigenvalue weighted by atomic mass is 10.0. The number of benzene rings is 1. The molecule has 1 aliphatic carbocycles. The molecule has 4 rings (SSSR count). The van der Waals surface area contributed by atoms with Crippen molar-refractivity contribution in [2.75, 3.05) is 13.3 Å². The van der Waals surface area contributed by atoms with E-state index in [1.165, 1.54) is 5.57 Å². The summed E-state index contributed by atoms with van der Waals surface area (Å²) in [6, 6.07) is 7.73. The lowest BCUT2D eigenvalue weighted by Crippen LogP contribution is -2.40. The van der Waals surface area contributed by atoms with E-state index in [9.17, 15) is 5.11 Å². The van der Waals surface area contributed by atoms with Gasteiger partial charge in [-0.2, -0.15) is 0 Å². The van der Waals surface area contributed by atoms with E-state index in [-0.39, 0.29) is 17.9 Å². The molecule has 2 unspecified atom stereocenters. The third-order valence-electron chi connectivity index (χ3n) is 5.07. The molecule has 0 aromatic heterocycles. The van der Waals surface area contributed by atoms with Crippen LogP contribution in [0.25, 0.3) is 4.91 Å². The molecule has 2 atom stereocenters. The van der Waals surface area contributed by atoms with Gasteiger partial charge in [0.05, 0.1) is 18.4 Å². The van der Waals surface area contributed by atoms with Crippen molar-refractivity contribution in [1.82, 2.24) is 5.32 Å². The predicted octanol–water partition coefficient (Wildman–Crippen LogP) is 3.03. The van der Waals surface area contributed by atoms with E-state index < -0.39 is 0 Å². The number of hydrogen-bond acceptors (Lipinski definition) is 6. The third-order valence-corrected chi connectivity index (χ3v) is 6.49. The summed E-state index contributed by atoms with van der Waals surface area (Å²) in [5, 5.41) is 12.4. The minimum Gasteiger partial charge on any atom is -0.458 e. The Balaban J connectivity index is 1.47. The van der Waals surface area contributed by atoms with Crippen molar-refractivity contribution in [2.24, 2.45) is 10.7 Å². The second kappa shape index (κ2) is 8.90. The van der Waals surface area contributed by atoms with Crippen molar-refractivity contribution in [2.45, 2.75) is 30.7 Å². The average molecular weight is 412 g/mol. The molecule has 2 heterocycles. The SMILES string of the molecule is C=CNC(=NCC1=CC2=C(CC1)OCO2)C1SC(c2ccc(CO)cc2)=CC1N. The van der Waals surface area contributed by atoms with E-state index in [1.54, 1.807) is 18.0 Å². The zero-order chi connectivity index (χ0) is 20.2. The first-order valence-corrected chi connectivity index (χ1v) is 10.5. The summed E-state index contributed by atoms with van der Waals surface area (Å²) in [4.78, 5) is 5.94. The molecule has 4 N–H and O–H groups in total. The molecule has 0 saturated heterocycles. The van der Waals surface area contributed by atoms with E-state index in [0.29, 0.717) is 13.3 Å². The van der Waals surface area contributed by atoms with Crippen molar-refractivity contribution in [3.8, 4) is 0 Å². The molecule has 2 aliphatic heterocycles.